The Kier molecular flexibility index (Phi) is 7.49. The van der Waals surface area contributed by atoms with Crippen LogP contribution in [-0.4, -0.2) is 73.0 Å². The Morgan fingerprint density at radius 2 is 1.88 bits per heavy atom. The molecule has 7 nitrogen and oxygen atoms in total. The molecule has 0 spiro atoms. The van der Waals surface area contributed by atoms with Gasteiger partial charge in [0.15, 0.2) is 0 Å². The van der Waals surface area contributed by atoms with E-state index in [2.05, 4.69) is 10.2 Å². The van der Waals surface area contributed by atoms with Crippen molar-refractivity contribution in [3.05, 3.63) is 0 Å². The maximum absolute atomic E-state index is 12.7. The SMILES string of the molecule is CCCOC(=O)CC1C(=O)NCCN1C(=O)CN1CCCCCC1. The Morgan fingerprint density at radius 3 is 2.54 bits per heavy atom. The van der Waals surface area contributed by atoms with Crippen LogP contribution >= 0.6 is 0 Å². The standard InChI is InChI=1S/C17H29N3O4/c1-2-11-24-16(22)12-14-17(23)18-7-10-20(14)15(21)13-19-8-5-3-4-6-9-19/h14H,2-13H2,1H3,(H,18,23). The molecule has 136 valence electrons. The molecule has 0 bridgehead atoms. The van der Waals surface area contributed by atoms with Gasteiger partial charge in [-0.2, -0.15) is 0 Å². The van der Waals surface area contributed by atoms with Crippen molar-refractivity contribution in [2.24, 2.45) is 0 Å². The van der Waals surface area contributed by atoms with Gasteiger partial charge in [0, 0.05) is 13.1 Å². The second-order valence-electron chi connectivity index (χ2n) is 6.51. The average Bonchev–Trinajstić information content (AvgIpc) is 2.83. The summed E-state index contributed by atoms with van der Waals surface area (Å²) in [6, 6.07) is -0.748. The summed E-state index contributed by atoms with van der Waals surface area (Å²) >= 11 is 0. The van der Waals surface area contributed by atoms with E-state index in [0.717, 1.165) is 32.4 Å². The van der Waals surface area contributed by atoms with Gasteiger partial charge < -0.3 is 15.0 Å². The molecular weight excluding hydrogens is 310 g/mol. The predicted octanol–water partition coefficient (Wildman–Crippen LogP) is 0.533. The fraction of sp³-hybridized carbons (Fsp3) is 0.824. The predicted molar refractivity (Wildman–Crippen MR) is 89.3 cm³/mol. The lowest BCUT2D eigenvalue weighted by Crippen LogP contribution is -2.59. The molecule has 2 amide bonds. The van der Waals surface area contributed by atoms with Crippen LogP contribution in [0.4, 0.5) is 0 Å². The molecule has 2 rings (SSSR count). The van der Waals surface area contributed by atoms with Crippen LogP contribution in [0, 0.1) is 0 Å². The van der Waals surface area contributed by atoms with E-state index in [4.69, 9.17) is 4.74 Å². The number of amides is 2. The quantitative estimate of drug-likeness (QED) is 0.714. The van der Waals surface area contributed by atoms with Gasteiger partial charge in [0.05, 0.1) is 19.6 Å². The lowest BCUT2D eigenvalue weighted by Gasteiger charge is -2.35. The first kappa shape index (κ1) is 18.7. The van der Waals surface area contributed by atoms with E-state index in [9.17, 15) is 14.4 Å². The summed E-state index contributed by atoms with van der Waals surface area (Å²) in [6.45, 7) is 5.32. The molecule has 2 aliphatic heterocycles. The molecule has 0 aromatic rings. The summed E-state index contributed by atoms with van der Waals surface area (Å²) < 4.78 is 5.07. The minimum Gasteiger partial charge on any atom is -0.466 e. The van der Waals surface area contributed by atoms with E-state index in [0.29, 0.717) is 26.2 Å². The van der Waals surface area contributed by atoms with Crippen LogP contribution in [0.2, 0.25) is 0 Å². The van der Waals surface area contributed by atoms with E-state index in [-0.39, 0.29) is 18.2 Å². The van der Waals surface area contributed by atoms with E-state index in [1.54, 1.807) is 4.90 Å². The van der Waals surface area contributed by atoms with Crippen molar-refractivity contribution in [3.63, 3.8) is 0 Å². The third-order valence-electron chi connectivity index (χ3n) is 4.54. The number of nitrogens with one attached hydrogen (secondary N) is 1. The molecule has 0 aromatic carbocycles. The fourth-order valence-corrected chi connectivity index (χ4v) is 3.23. The monoisotopic (exact) mass is 339 g/mol. The highest BCUT2D eigenvalue weighted by Gasteiger charge is 2.35. The van der Waals surface area contributed by atoms with Gasteiger partial charge in [-0.3, -0.25) is 19.3 Å². The molecule has 2 saturated heterocycles. The summed E-state index contributed by atoms with van der Waals surface area (Å²) in [5, 5.41) is 2.74. The first-order valence-corrected chi connectivity index (χ1v) is 9.07. The van der Waals surface area contributed by atoms with Crippen molar-refractivity contribution in [1.29, 1.82) is 0 Å². The summed E-state index contributed by atoms with van der Waals surface area (Å²) in [5.41, 5.74) is 0. The van der Waals surface area contributed by atoms with Gasteiger partial charge in [-0.1, -0.05) is 19.8 Å². The topological polar surface area (TPSA) is 79.0 Å². The lowest BCUT2D eigenvalue weighted by molar-refractivity contribution is -0.152. The molecule has 0 aromatic heterocycles. The number of rotatable bonds is 6. The number of piperazine rings is 1. The normalized spacial score (nSPS) is 22.6. The van der Waals surface area contributed by atoms with Gasteiger partial charge in [0.2, 0.25) is 11.8 Å². The molecule has 1 unspecified atom stereocenters. The average molecular weight is 339 g/mol. The zero-order valence-corrected chi connectivity index (χ0v) is 14.6. The Balaban J connectivity index is 1.94. The number of carbonyl (C=O) groups is 3. The smallest absolute Gasteiger partial charge is 0.308 e. The molecule has 1 atom stereocenters. The summed E-state index contributed by atoms with van der Waals surface area (Å²) in [4.78, 5) is 40.4. The number of likely N-dealkylation sites (tertiary alicyclic amines) is 1. The van der Waals surface area contributed by atoms with Crippen LogP contribution in [0.3, 0.4) is 0 Å². The Labute approximate surface area is 143 Å². The van der Waals surface area contributed by atoms with Crippen molar-refractivity contribution in [3.8, 4) is 0 Å². The largest absolute Gasteiger partial charge is 0.466 e. The lowest BCUT2D eigenvalue weighted by atomic mass is 10.1. The van der Waals surface area contributed by atoms with Gasteiger partial charge in [-0.25, -0.2) is 0 Å². The Morgan fingerprint density at radius 1 is 1.17 bits per heavy atom. The Bertz CT molecular complexity index is 447. The molecule has 2 aliphatic rings. The molecule has 0 radical (unpaired) electrons. The highest BCUT2D eigenvalue weighted by atomic mass is 16.5. The summed E-state index contributed by atoms with van der Waals surface area (Å²) in [6.07, 6.45) is 5.31. The maximum atomic E-state index is 12.7. The molecule has 7 heteroatoms. The second kappa shape index (κ2) is 9.61. The number of hydrogen-bond acceptors (Lipinski definition) is 5. The van der Waals surface area contributed by atoms with Crippen molar-refractivity contribution >= 4 is 17.8 Å². The third-order valence-corrected chi connectivity index (χ3v) is 4.54. The molecule has 0 saturated carbocycles. The van der Waals surface area contributed by atoms with Gasteiger partial charge in [-0.05, 0) is 32.4 Å². The Hall–Kier alpha value is -1.63. The summed E-state index contributed by atoms with van der Waals surface area (Å²) in [5.74, 6) is -0.759. The van der Waals surface area contributed by atoms with E-state index >= 15 is 0 Å². The minimum atomic E-state index is -0.748. The zero-order valence-electron chi connectivity index (χ0n) is 14.6. The van der Waals surface area contributed by atoms with E-state index in [1.807, 2.05) is 6.92 Å². The number of hydrogen-bond donors (Lipinski definition) is 1. The third kappa shape index (κ3) is 5.47. The van der Waals surface area contributed by atoms with Crippen LogP contribution < -0.4 is 5.32 Å². The maximum Gasteiger partial charge on any atom is 0.308 e. The number of esters is 1. The molecule has 1 N–H and O–H groups in total. The van der Waals surface area contributed by atoms with Crippen molar-refractivity contribution < 1.29 is 19.1 Å². The zero-order chi connectivity index (χ0) is 17.4. The van der Waals surface area contributed by atoms with Crippen LogP contribution in [0.5, 0.6) is 0 Å². The number of carbonyl (C=O) groups excluding carboxylic acids is 3. The summed E-state index contributed by atoms with van der Waals surface area (Å²) in [7, 11) is 0. The molecule has 24 heavy (non-hydrogen) atoms. The molecule has 2 heterocycles. The molecular formula is C17H29N3O4. The van der Waals surface area contributed by atoms with Gasteiger partial charge in [0.1, 0.15) is 6.04 Å². The number of ether oxygens (including phenoxy) is 1. The van der Waals surface area contributed by atoms with Crippen molar-refractivity contribution in [2.75, 3.05) is 39.3 Å². The highest BCUT2D eigenvalue weighted by molar-refractivity contribution is 5.92. The first-order valence-electron chi connectivity index (χ1n) is 9.07. The van der Waals surface area contributed by atoms with E-state index in [1.165, 1.54) is 12.8 Å². The van der Waals surface area contributed by atoms with Crippen LogP contribution in [0.1, 0.15) is 45.4 Å². The fourth-order valence-electron chi connectivity index (χ4n) is 3.23. The van der Waals surface area contributed by atoms with Gasteiger partial charge in [-0.15, -0.1) is 0 Å². The molecule has 2 fully saturated rings. The van der Waals surface area contributed by atoms with Crippen LogP contribution in [0.15, 0.2) is 0 Å². The first-order chi connectivity index (χ1) is 11.6. The van der Waals surface area contributed by atoms with Crippen molar-refractivity contribution in [2.45, 2.75) is 51.5 Å². The van der Waals surface area contributed by atoms with Crippen LogP contribution in [-0.2, 0) is 19.1 Å². The number of nitrogens with zero attached hydrogens (tertiary/aromatic N) is 2. The minimum absolute atomic E-state index is 0.0694. The van der Waals surface area contributed by atoms with Gasteiger partial charge >= 0.3 is 5.97 Å². The van der Waals surface area contributed by atoms with Gasteiger partial charge in [0.25, 0.3) is 0 Å². The van der Waals surface area contributed by atoms with E-state index < -0.39 is 12.0 Å². The van der Waals surface area contributed by atoms with Crippen LogP contribution in [0.25, 0.3) is 0 Å². The van der Waals surface area contributed by atoms with Crippen molar-refractivity contribution in [1.82, 2.24) is 15.1 Å². The second-order valence-corrected chi connectivity index (χ2v) is 6.51. The highest BCUT2D eigenvalue weighted by Crippen LogP contribution is 2.14. The molecule has 0 aliphatic carbocycles.